The first kappa shape index (κ1) is 15.0. The molecule has 2 nitrogen and oxygen atoms in total. The van der Waals surface area contributed by atoms with Crippen LogP contribution in [0.3, 0.4) is 0 Å². The van der Waals surface area contributed by atoms with Gasteiger partial charge in [0.05, 0.1) is 0 Å². The number of piperidine rings is 1. The van der Waals surface area contributed by atoms with Crippen molar-refractivity contribution in [3.05, 3.63) is 21.9 Å². The molecule has 0 amide bonds. The molecular weight excluding hydrogens is 252 g/mol. The lowest BCUT2D eigenvalue weighted by molar-refractivity contribution is 0.174. The zero-order valence-corrected chi connectivity index (χ0v) is 13.6. The molecule has 2 heterocycles. The van der Waals surface area contributed by atoms with Crippen LogP contribution >= 0.6 is 11.3 Å². The topological polar surface area (TPSA) is 15.3 Å². The van der Waals surface area contributed by atoms with Crippen LogP contribution in [0.25, 0.3) is 0 Å². The van der Waals surface area contributed by atoms with Crippen molar-refractivity contribution in [2.75, 3.05) is 20.1 Å². The van der Waals surface area contributed by atoms with Crippen molar-refractivity contribution < 1.29 is 0 Å². The number of hydrogen-bond donors (Lipinski definition) is 1. The fraction of sp³-hybridized carbons (Fsp3) is 0.750. The molecule has 0 spiro atoms. The Hall–Kier alpha value is -0.380. The summed E-state index contributed by atoms with van der Waals surface area (Å²) in [5.74, 6) is 0.811. The second-order valence-electron chi connectivity index (χ2n) is 6.24. The Morgan fingerprint density at radius 3 is 2.84 bits per heavy atom. The van der Waals surface area contributed by atoms with Gasteiger partial charge in [0.25, 0.3) is 0 Å². The van der Waals surface area contributed by atoms with E-state index in [0.29, 0.717) is 12.1 Å². The van der Waals surface area contributed by atoms with E-state index >= 15 is 0 Å². The van der Waals surface area contributed by atoms with E-state index < -0.39 is 0 Å². The van der Waals surface area contributed by atoms with Gasteiger partial charge in [0.15, 0.2) is 0 Å². The monoisotopic (exact) mass is 280 g/mol. The minimum Gasteiger partial charge on any atom is -0.311 e. The number of rotatable bonds is 5. The van der Waals surface area contributed by atoms with Crippen LogP contribution in [0.1, 0.15) is 36.4 Å². The van der Waals surface area contributed by atoms with Gasteiger partial charge in [-0.25, -0.2) is 0 Å². The molecular formula is C16H28N2S. The average molecular weight is 280 g/mol. The average Bonchev–Trinajstić information content (AvgIpc) is 2.74. The lowest BCUT2D eigenvalue weighted by Gasteiger charge is -2.35. The molecule has 3 heteroatoms. The SMILES string of the molecule is Cc1ccc(CC(C)NC(C)C2CCCN(C)C2)s1. The van der Waals surface area contributed by atoms with E-state index in [2.05, 4.69) is 50.2 Å². The van der Waals surface area contributed by atoms with E-state index in [0.717, 1.165) is 12.3 Å². The molecule has 1 fully saturated rings. The smallest absolute Gasteiger partial charge is 0.00896 e. The van der Waals surface area contributed by atoms with Crippen molar-refractivity contribution in [3.8, 4) is 0 Å². The Labute approximate surface area is 122 Å². The van der Waals surface area contributed by atoms with E-state index in [1.807, 2.05) is 11.3 Å². The molecule has 108 valence electrons. The van der Waals surface area contributed by atoms with Crippen LogP contribution in [-0.4, -0.2) is 37.1 Å². The second-order valence-corrected chi connectivity index (χ2v) is 7.61. The maximum atomic E-state index is 3.81. The number of nitrogens with zero attached hydrogens (tertiary/aromatic N) is 1. The van der Waals surface area contributed by atoms with Gasteiger partial charge in [-0.2, -0.15) is 0 Å². The molecule has 1 aliphatic heterocycles. The van der Waals surface area contributed by atoms with E-state index in [1.165, 1.54) is 35.7 Å². The third kappa shape index (κ3) is 4.59. The van der Waals surface area contributed by atoms with Crippen LogP contribution in [0.15, 0.2) is 12.1 Å². The van der Waals surface area contributed by atoms with Gasteiger partial charge in [0.1, 0.15) is 0 Å². The van der Waals surface area contributed by atoms with Crippen LogP contribution in [0.5, 0.6) is 0 Å². The summed E-state index contributed by atoms with van der Waals surface area (Å²) in [7, 11) is 2.25. The molecule has 3 atom stereocenters. The molecule has 2 rings (SSSR count). The Morgan fingerprint density at radius 1 is 1.42 bits per heavy atom. The minimum absolute atomic E-state index is 0.570. The van der Waals surface area contributed by atoms with Gasteiger partial charge in [-0.1, -0.05) is 0 Å². The number of nitrogens with one attached hydrogen (secondary N) is 1. The summed E-state index contributed by atoms with van der Waals surface area (Å²) in [6.45, 7) is 9.39. The van der Waals surface area contributed by atoms with Crippen molar-refractivity contribution >= 4 is 11.3 Å². The van der Waals surface area contributed by atoms with Crippen molar-refractivity contribution in [1.29, 1.82) is 0 Å². The van der Waals surface area contributed by atoms with Crippen LogP contribution in [0.2, 0.25) is 0 Å². The van der Waals surface area contributed by atoms with E-state index in [1.54, 1.807) is 0 Å². The predicted molar refractivity (Wildman–Crippen MR) is 85.0 cm³/mol. The lowest BCUT2D eigenvalue weighted by atomic mass is 9.91. The Balaban J connectivity index is 1.79. The Morgan fingerprint density at radius 2 is 2.21 bits per heavy atom. The summed E-state index contributed by atoms with van der Waals surface area (Å²) in [5.41, 5.74) is 0. The Kier molecular flexibility index (Phi) is 5.43. The van der Waals surface area contributed by atoms with E-state index in [-0.39, 0.29) is 0 Å². The van der Waals surface area contributed by atoms with Crippen LogP contribution in [0.4, 0.5) is 0 Å². The Bertz CT molecular complexity index is 388. The van der Waals surface area contributed by atoms with Crippen molar-refractivity contribution in [2.24, 2.45) is 5.92 Å². The highest BCUT2D eigenvalue weighted by Crippen LogP contribution is 2.20. The van der Waals surface area contributed by atoms with E-state index in [9.17, 15) is 0 Å². The standard InChI is InChI=1S/C16H28N2S/c1-12(10-16-8-7-13(2)19-16)17-14(3)15-6-5-9-18(4)11-15/h7-8,12,14-15,17H,5-6,9-11H2,1-4H3. The van der Waals surface area contributed by atoms with Gasteiger partial charge in [-0.15, -0.1) is 11.3 Å². The quantitative estimate of drug-likeness (QED) is 0.890. The van der Waals surface area contributed by atoms with Gasteiger partial charge < -0.3 is 10.2 Å². The summed E-state index contributed by atoms with van der Waals surface area (Å²) < 4.78 is 0. The lowest BCUT2D eigenvalue weighted by Crippen LogP contribution is -2.46. The summed E-state index contributed by atoms with van der Waals surface area (Å²) in [4.78, 5) is 5.40. The molecule has 1 aromatic rings. The molecule has 0 aliphatic carbocycles. The van der Waals surface area contributed by atoms with Gasteiger partial charge in [0, 0.05) is 28.4 Å². The molecule has 0 saturated carbocycles. The molecule has 0 bridgehead atoms. The summed E-state index contributed by atoms with van der Waals surface area (Å²) >= 11 is 1.93. The molecule has 3 unspecified atom stereocenters. The van der Waals surface area contributed by atoms with Gasteiger partial charge >= 0.3 is 0 Å². The third-order valence-electron chi connectivity index (χ3n) is 4.22. The highest BCUT2D eigenvalue weighted by atomic mass is 32.1. The second kappa shape index (κ2) is 6.87. The number of hydrogen-bond acceptors (Lipinski definition) is 3. The first-order valence-corrected chi connectivity index (χ1v) is 8.36. The number of thiophene rings is 1. The minimum atomic E-state index is 0.570. The van der Waals surface area contributed by atoms with Crippen molar-refractivity contribution in [2.45, 2.75) is 52.1 Å². The fourth-order valence-electron chi connectivity index (χ4n) is 3.15. The molecule has 0 aromatic carbocycles. The summed E-state index contributed by atoms with van der Waals surface area (Å²) in [6.07, 6.45) is 3.89. The first-order chi connectivity index (χ1) is 9.04. The molecule has 1 saturated heterocycles. The zero-order chi connectivity index (χ0) is 13.8. The van der Waals surface area contributed by atoms with Crippen LogP contribution in [0, 0.1) is 12.8 Å². The first-order valence-electron chi connectivity index (χ1n) is 7.54. The highest BCUT2D eigenvalue weighted by Gasteiger charge is 2.23. The van der Waals surface area contributed by atoms with Gasteiger partial charge in [0.2, 0.25) is 0 Å². The molecule has 1 aromatic heterocycles. The summed E-state index contributed by atoms with van der Waals surface area (Å²) in [6, 6.07) is 5.70. The normalized spacial score (nSPS) is 24.3. The van der Waals surface area contributed by atoms with Crippen molar-refractivity contribution in [3.63, 3.8) is 0 Å². The molecule has 1 aliphatic rings. The third-order valence-corrected chi connectivity index (χ3v) is 5.24. The highest BCUT2D eigenvalue weighted by molar-refractivity contribution is 7.11. The maximum Gasteiger partial charge on any atom is 0.00896 e. The predicted octanol–water partition coefficient (Wildman–Crippen LogP) is 3.31. The summed E-state index contributed by atoms with van der Waals surface area (Å²) in [5, 5.41) is 3.81. The van der Waals surface area contributed by atoms with Gasteiger partial charge in [-0.05, 0) is 71.7 Å². The molecule has 1 N–H and O–H groups in total. The molecule has 19 heavy (non-hydrogen) atoms. The number of aryl methyl sites for hydroxylation is 1. The van der Waals surface area contributed by atoms with Gasteiger partial charge in [-0.3, -0.25) is 0 Å². The van der Waals surface area contributed by atoms with Crippen LogP contribution < -0.4 is 5.32 Å². The van der Waals surface area contributed by atoms with E-state index in [4.69, 9.17) is 0 Å². The number of likely N-dealkylation sites (tertiary alicyclic amines) is 1. The largest absolute Gasteiger partial charge is 0.311 e. The van der Waals surface area contributed by atoms with Crippen LogP contribution in [-0.2, 0) is 6.42 Å². The van der Waals surface area contributed by atoms with Crippen molar-refractivity contribution in [1.82, 2.24) is 10.2 Å². The maximum absolute atomic E-state index is 3.81. The zero-order valence-electron chi connectivity index (χ0n) is 12.8. The molecule has 0 radical (unpaired) electrons. The fourth-order valence-corrected chi connectivity index (χ4v) is 4.17.